The number of anilines is 1. The predicted molar refractivity (Wildman–Crippen MR) is 100 cm³/mol. The predicted octanol–water partition coefficient (Wildman–Crippen LogP) is 4.71. The second-order valence-corrected chi connectivity index (χ2v) is 8.35. The van der Waals surface area contributed by atoms with Gasteiger partial charge in [0, 0.05) is 17.8 Å². The molecule has 9 heteroatoms. The summed E-state index contributed by atoms with van der Waals surface area (Å²) in [5, 5.41) is 13.1. The first-order valence-electron chi connectivity index (χ1n) is 8.45. The van der Waals surface area contributed by atoms with Crippen molar-refractivity contribution in [1.29, 1.82) is 0 Å². The fourth-order valence-corrected chi connectivity index (χ4v) is 4.94. The lowest BCUT2D eigenvalue weighted by Crippen LogP contribution is -2.46. The van der Waals surface area contributed by atoms with E-state index in [1.165, 1.54) is 28.7 Å². The van der Waals surface area contributed by atoms with Gasteiger partial charge in [0.25, 0.3) is 0 Å². The van der Waals surface area contributed by atoms with Crippen LogP contribution in [0.3, 0.4) is 0 Å². The number of hydrogen-bond acceptors (Lipinski definition) is 6. The van der Waals surface area contributed by atoms with Crippen LogP contribution in [0, 0.1) is 0 Å². The third-order valence-electron chi connectivity index (χ3n) is 4.54. The van der Waals surface area contributed by atoms with E-state index >= 15 is 0 Å². The normalized spacial score (nSPS) is 19.6. The molecule has 3 heterocycles. The average molecular weight is 414 g/mol. The van der Waals surface area contributed by atoms with Gasteiger partial charge in [-0.25, -0.2) is 4.98 Å². The number of thiophene rings is 1. The van der Waals surface area contributed by atoms with Gasteiger partial charge < -0.3 is 14.7 Å². The Morgan fingerprint density at radius 2 is 2.19 bits per heavy atom. The number of benzene rings is 1. The van der Waals surface area contributed by atoms with E-state index < -0.39 is 17.8 Å². The molecule has 0 amide bonds. The van der Waals surface area contributed by atoms with Gasteiger partial charge in [-0.3, -0.25) is 0 Å². The Labute approximate surface area is 161 Å². The Balaban J connectivity index is 1.59. The van der Waals surface area contributed by atoms with Gasteiger partial charge in [-0.15, -0.1) is 11.3 Å². The Bertz CT molecular complexity index is 911. The average Bonchev–Trinajstić information content (AvgIpc) is 3.30. The number of alkyl halides is 3. The van der Waals surface area contributed by atoms with Gasteiger partial charge in [0.05, 0.1) is 41.1 Å². The fraction of sp³-hybridized carbons (Fsp3) is 0.389. The topological polar surface area (TPSA) is 45.6 Å². The number of morpholine rings is 1. The lowest BCUT2D eigenvalue weighted by molar-refractivity contribution is -0.137. The van der Waals surface area contributed by atoms with Crippen LogP contribution in [0.25, 0.3) is 10.2 Å². The van der Waals surface area contributed by atoms with E-state index in [0.29, 0.717) is 41.5 Å². The molecule has 144 valence electrons. The first-order valence-corrected chi connectivity index (χ1v) is 10.1. The van der Waals surface area contributed by atoms with Crippen molar-refractivity contribution in [2.75, 3.05) is 24.7 Å². The number of aliphatic hydroxyl groups is 1. The first kappa shape index (κ1) is 18.7. The van der Waals surface area contributed by atoms with Crippen molar-refractivity contribution in [3.05, 3.63) is 46.2 Å². The summed E-state index contributed by atoms with van der Waals surface area (Å²) in [6, 6.07) is 7.34. The molecule has 1 aromatic carbocycles. The smallest absolute Gasteiger partial charge is 0.387 e. The molecule has 4 rings (SSSR count). The molecule has 3 aromatic rings. The van der Waals surface area contributed by atoms with Gasteiger partial charge >= 0.3 is 6.18 Å². The molecule has 0 spiro atoms. The highest BCUT2D eigenvalue weighted by molar-refractivity contribution is 7.22. The van der Waals surface area contributed by atoms with Gasteiger partial charge in [-0.05, 0) is 29.6 Å². The maximum absolute atomic E-state index is 12.9. The van der Waals surface area contributed by atoms with Gasteiger partial charge in [0.1, 0.15) is 0 Å². The Hall–Kier alpha value is -1.68. The third kappa shape index (κ3) is 3.96. The zero-order chi connectivity index (χ0) is 19.0. The monoisotopic (exact) mass is 414 g/mol. The van der Waals surface area contributed by atoms with Crippen LogP contribution in [-0.4, -0.2) is 35.9 Å². The van der Waals surface area contributed by atoms with Gasteiger partial charge in [-0.2, -0.15) is 13.2 Å². The molecule has 1 saturated heterocycles. The molecule has 1 N–H and O–H groups in total. The minimum Gasteiger partial charge on any atom is -0.387 e. The highest BCUT2D eigenvalue weighted by Gasteiger charge is 2.32. The van der Waals surface area contributed by atoms with Crippen LogP contribution in [0.4, 0.5) is 18.3 Å². The van der Waals surface area contributed by atoms with Crippen molar-refractivity contribution in [2.24, 2.45) is 0 Å². The zero-order valence-electron chi connectivity index (χ0n) is 14.1. The number of aliphatic hydroxyl groups excluding tert-OH is 1. The van der Waals surface area contributed by atoms with E-state index in [4.69, 9.17) is 4.74 Å². The molecule has 0 aliphatic carbocycles. The summed E-state index contributed by atoms with van der Waals surface area (Å²) in [4.78, 5) is 7.37. The second kappa shape index (κ2) is 7.38. The molecule has 0 bridgehead atoms. The summed E-state index contributed by atoms with van der Waals surface area (Å²) < 4.78 is 45.1. The third-order valence-corrected chi connectivity index (χ3v) is 6.59. The summed E-state index contributed by atoms with van der Waals surface area (Å²) >= 11 is 2.86. The number of hydrogen-bond donors (Lipinski definition) is 1. The lowest BCUT2D eigenvalue weighted by Gasteiger charge is -2.36. The largest absolute Gasteiger partial charge is 0.416 e. The zero-order valence-corrected chi connectivity index (χ0v) is 15.8. The fourth-order valence-electron chi connectivity index (χ4n) is 3.17. The highest BCUT2D eigenvalue weighted by Crippen LogP contribution is 2.37. The number of rotatable bonds is 4. The molecule has 1 aliphatic rings. The minimum absolute atomic E-state index is 0.0847. The number of ether oxygens (including phenoxy) is 1. The van der Waals surface area contributed by atoms with Crippen LogP contribution in [0.15, 0.2) is 35.7 Å². The number of nitrogens with zero attached hydrogens (tertiary/aromatic N) is 2. The van der Waals surface area contributed by atoms with Crippen LogP contribution in [0.5, 0.6) is 0 Å². The van der Waals surface area contributed by atoms with Crippen molar-refractivity contribution in [2.45, 2.75) is 24.7 Å². The van der Waals surface area contributed by atoms with Crippen molar-refractivity contribution in [1.82, 2.24) is 4.98 Å². The molecule has 1 fully saturated rings. The van der Waals surface area contributed by atoms with Crippen LogP contribution in [0.1, 0.15) is 23.0 Å². The maximum Gasteiger partial charge on any atom is 0.416 e. The molecular weight excluding hydrogens is 397 g/mol. The molecule has 0 radical (unpaired) electrons. The molecule has 2 unspecified atom stereocenters. The Kier molecular flexibility index (Phi) is 5.11. The van der Waals surface area contributed by atoms with Gasteiger partial charge in [-0.1, -0.05) is 17.4 Å². The van der Waals surface area contributed by atoms with E-state index in [2.05, 4.69) is 4.98 Å². The summed E-state index contributed by atoms with van der Waals surface area (Å²) in [6.07, 6.45) is -4.51. The standard InChI is InChI=1S/C18H17F3N2O2S2/c19-18(20,21)11-3-4-15-13(8-11)22-17(27-15)23-5-6-25-10-12(23)9-14(24)16-2-1-7-26-16/h1-4,7-8,12,14,24H,5-6,9-10H2. The van der Waals surface area contributed by atoms with Crippen LogP contribution in [0.2, 0.25) is 0 Å². The molecule has 2 atom stereocenters. The number of halogens is 3. The lowest BCUT2D eigenvalue weighted by atomic mass is 10.1. The highest BCUT2D eigenvalue weighted by atomic mass is 32.1. The summed E-state index contributed by atoms with van der Waals surface area (Å²) in [5.74, 6) is 0. The summed E-state index contributed by atoms with van der Waals surface area (Å²) in [6.45, 7) is 1.56. The first-order chi connectivity index (χ1) is 12.9. The molecular formula is C18H17F3N2O2S2. The van der Waals surface area contributed by atoms with Crippen LogP contribution >= 0.6 is 22.7 Å². The summed E-state index contributed by atoms with van der Waals surface area (Å²) in [7, 11) is 0. The second-order valence-electron chi connectivity index (χ2n) is 6.37. The van der Waals surface area contributed by atoms with Gasteiger partial charge in [0.15, 0.2) is 5.13 Å². The Morgan fingerprint density at radius 3 is 2.93 bits per heavy atom. The van der Waals surface area contributed by atoms with E-state index in [0.717, 1.165) is 17.0 Å². The number of fused-ring (bicyclic) bond motifs is 1. The Morgan fingerprint density at radius 1 is 1.33 bits per heavy atom. The molecule has 2 aromatic heterocycles. The maximum atomic E-state index is 12.9. The van der Waals surface area contributed by atoms with E-state index in [1.54, 1.807) is 0 Å². The molecule has 4 nitrogen and oxygen atoms in total. The van der Waals surface area contributed by atoms with E-state index in [1.807, 2.05) is 22.4 Å². The summed E-state index contributed by atoms with van der Waals surface area (Å²) in [5.41, 5.74) is -0.354. The number of aromatic nitrogens is 1. The van der Waals surface area contributed by atoms with Crippen molar-refractivity contribution >= 4 is 38.0 Å². The quantitative estimate of drug-likeness (QED) is 0.672. The molecule has 1 aliphatic heterocycles. The van der Waals surface area contributed by atoms with E-state index in [9.17, 15) is 18.3 Å². The van der Waals surface area contributed by atoms with Crippen molar-refractivity contribution in [3.8, 4) is 0 Å². The SMILES string of the molecule is OC(CC1COCCN1c1nc2cc(C(F)(F)F)ccc2s1)c1cccs1. The molecule has 27 heavy (non-hydrogen) atoms. The van der Waals surface area contributed by atoms with E-state index in [-0.39, 0.29) is 6.04 Å². The minimum atomic E-state index is -4.38. The molecule has 0 saturated carbocycles. The van der Waals surface area contributed by atoms with Crippen LogP contribution in [-0.2, 0) is 10.9 Å². The van der Waals surface area contributed by atoms with Gasteiger partial charge in [0.2, 0.25) is 0 Å². The van der Waals surface area contributed by atoms with Crippen molar-refractivity contribution < 1.29 is 23.0 Å². The number of thiazole rings is 1. The van der Waals surface area contributed by atoms with Crippen LogP contribution < -0.4 is 4.90 Å². The van der Waals surface area contributed by atoms with Crippen molar-refractivity contribution in [3.63, 3.8) is 0 Å².